The molecular weight excluding hydrogens is 194 g/mol. The lowest BCUT2D eigenvalue weighted by Crippen LogP contribution is -2.06. The van der Waals surface area contributed by atoms with Gasteiger partial charge in [0.25, 0.3) is 0 Å². The van der Waals surface area contributed by atoms with E-state index in [1.54, 1.807) is 17.7 Å². The third kappa shape index (κ3) is 0.974. The van der Waals surface area contributed by atoms with Crippen LogP contribution in [-0.4, -0.2) is 4.57 Å². The highest BCUT2D eigenvalue weighted by molar-refractivity contribution is 7.17. The Bertz CT molecular complexity index is 485. The molecule has 1 heterocycles. The molecule has 0 aliphatic carbocycles. The first kappa shape index (κ1) is 7.83. The van der Waals surface area contributed by atoms with Crippen molar-refractivity contribution in [3.8, 4) is 0 Å². The summed E-state index contributed by atoms with van der Waals surface area (Å²) in [5.41, 5.74) is 0.900. The molecule has 1 aromatic heterocycles. The maximum Gasteiger partial charge on any atom is 0.307 e. The van der Waals surface area contributed by atoms with Crippen molar-refractivity contribution in [2.75, 3.05) is 0 Å². The van der Waals surface area contributed by atoms with Gasteiger partial charge >= 0.3 is 4.87 Å². The molecular formula is C8H6ClNOS. The second-order valence-corrected chi connectivity index (χ2v) is 3.88. The Hall–Kier alpha value is -0.800. The number of hydrogen-bond donors (Lipinski definition) is 0. The van der Waals surface area contributed by atoms with E-state index in [0.29, 0.717) is 5.02 Å². The number of nitrogens with zero attached hydrogens (tertiary/aromatic N) is 1. The van der Waals surface area contributed by atoms with Crippen molar-refractivity contribution in [2.45, 2.75) is 0 Å². The fourth-order valence-electron chi connectivity index (χ4n) is 1.12. The van der Waals surface area contributed by atoms with Gasteiger partial charge < -0.3 is 4.57 Å². The van der Waals surface area contributed by atoms with Gasteiger partial charge in [-0.05, 0) is 12.1 Å². The van der Waals surface area contributed by atoms with Crippen molar-refractivity contribution >= 4 is 33.2 Å². The van der Waals surface area contributed by atoms with Crippen molar-refractivity contribution in [2.24, 2.45) is 7.05 Å². The van der Waals surface area contributed by atoms with Crippen LogP contribution in [0.15, 0.2) is 23.0 Å². The third-order valence-corrected chi connectivity index (χ3v) is 3.28. The summed E-state index contributed by atoms with van der Waals surface area (Å²) in [6, 6.07) is 5.52. The minimum atomic E-state index is 0.0260. The predicted octanol–water partition coefficient (Wildman–Crippen LogP) is 2.25. The highest BCUT2D eigenvalue weighted by Crippen LogP contribution is 2.24. The maximum absolute atomic E-state index is 11.2. The van der Waals surface area contributed by atoms with E-state index in [1.807, 2.05) is 12.1 Å². The van der Waals surface area contributed by atoms with Crippen LogP contribution < -0.4 is 4.87 Å². The van der Waals surface area contributed by atoms with Crippen molar-refractivity contribution < 1.29 is 0 Å². The lowest BCUT2D eigenvalue weighted by Gasteiger charge is -1.93. The van der Waals surface area contributed by atoms with Crippen LogP contribution >= 0.6 is 22.9 Å². The zero-order chi connectivity index (χ0) is 8.72. The highest BCUT2D eigenvalue weighted by Gasteiger charge is 2.05. The molecule has 0 aliphatic rings. The average molecular weight is 200 g/mol. The molecule has 0 unspecified atom stereocenters. The number of hydrogen-bond acceptors (Lipinski definition) is 2. The molecule has 0 amide bonds. The van der Waals surface area contributed by atoms with Gasteiger partial charge in [0.1, 0.15) is 0 Å². The van der Waals surface area contributed by atoms with Crippen LogP contribution in [0.25, 0.3) is 10.2 Å². The number of benzene rings is 1. The summed E-state index contributed by atoms with van der Waals surface area (Å²) in [6.45, 7) is 0. The standard InChI is InChI=1S/C8H6ClNOS/c1-10-6-4-2-3-5(9)7(6)12-8(10)11/h2-4H,1H3. The van der Waals surface area contributed by atoms with Gasteiger partial charge in [0.05, 0.1) is 15.2 Å². The van der Waals surface area contributed by atoms with Gasteiger partial charge in [-0.1, -0.05) is 29.0 Å². The molecule has 1 aromatic carbocycles. The Balaban J connectivity index is 3.05. The number of rotatable bonds is 0. The molecule has 0 N–H and O–H groups in total. The second kappa shape index (κ2) is 2.61. The number of thiazole rings is 1. The van der Waals surface area contributed by atoms with Gasteiger partial charge in [0, 0.05) is 7.05 Å². The fraction of sp³-hybridized carbons (Fsp3) is 0.125. The molecule has 2 rings (SSSR count). The predicted molar refractivity (Wildman–Crippen MR) is 52.1 cm³/mol. The van der Waals surface area contributed by atoms with Gasteiger partial charge in [-0.3, -0.25) is 4.79 Å². The van der Waals surface area contributed by atoms with Crippen molar-refractivity contribution in [1.82, 2.24) is 4.57 Å². The Morgan fingerprint density at radius 2 is 2.25 bits per heavy atom. The van der Waals surface area contributed by atoms with Crippen LogP contribution in [0.1, 0.15) is 0 Å². The zero-order valence-corrected chi connectivity index (χ0v) is 7.95. The van der Waals surface area contributed by atoms with E-state index in [4.69, 9.17) is 11.6 Å². The first-order chi connectivity index (χ1) is 5.70. The quantitative estimate of drug-likeness (QED) is 0.638. The van der Waals surface area contributed by atoms with E-state index in [2.05, 4.69) is 0 Å². The normalized spacial score (nSPS) is 10.8. The topological polar surface area (TPSA) is 22.0 Å². The lowest BCUT2D eigenvalue weighted by molar-refractivity contribution is 0.939. The van der Waals surface area contributed by atoms with Crippen LogP contribution in [-0.2, 0) is 7.05 Å². The highest BCUT2D eigenvalue weighted by atomic mass is 35.5. The summed E-state index contributed by atoms with van der Waals surface area (Å²) in [6.07, 6.45) is 0. The Labute approximate surface area is 78.0 Å². The summed E-state index contributed by atoms with van der Waals surface area (Å²) in [7, 11) is 1.75. The molecule has 0 saturated heterocycles. The Morgan fingerprint density at radius 3 is 2.92 bits per heavy atom. The molecule has 0 atom stereocenters. The number of aryl methyl sites for hydroxylation is 1. The van der Waals surface area contributed by atoms with Crippen molar-refractivity contribution in [3.05, 3.63) is 32.9 Å². The molecule has 12 heavy (non-hydrogen) atoms. The van der Waals surface area contributed by atoms with Gasteiger partial charge in [-0.25, -0.2) is 0 Å². The number of aromatic nitrogens is 1. The van der Waals surface area contributed by atoms with E-state index in [1.165, 1.54) is 11.3 Å². The molecule has 62 valence electrons. The summed E-state index contributed by atoms with van der Waals surface area (Å²) in [5, 5.41) is 0.648. The summed E-state index contributed by atoms with van der Waals surface area (Å²) < 4.78 is 2.47. The fourth-order valence-corrected chi connectivity index (χ4v) is 2.29. The molecule has 0 saturated carbocycles. The first-order valence-corrected chi connectivity index (χ1v) is 4.63. The summed E-state index contributed by atoms with van der Waals surface area (Å²) >= 11 is 7.08. The van der Waals surface area contributed by atoms with Crippen molar-refractivity contribution in [1.29, 1.82) is 0 Å². The summed E-state index contributed by atoms with van der Waals surface area (Å²) in [5.74, 6) is 0. The van der Waals surface area contributed by atoms with Crippen molar-refractivity contribution in [3.63, 3.8) is 0 Å². The lowest BCUT2D eigenvalue weighted by atomic mass is 10.3. The molecule has 2 aromatic rings. The number of fused-ring (bicyclic) bond motifs is 1. The third-order valence-electron chi connectivity index (χ3n) is 1.77. The largest absolute Gasteiger partial charge is 0.307 e. The average Bonchev–Trinajstić information content (AvgIpc) is 2.32. The molecule has 0 bridgehead atoms. The first-order valence-electron chi connectivity index (χ1n) is 3.44. The Kier molecular flexibility index (Phi) is 1.70. The van der Waals surface area contributed by atoms with E-state index in [0.717, 1.165) is 10.2 Å². The smallest absolute Gasteiger partial charge is 0.302 e. The van der Waals surface area contributed by atoms with E-state index >= 15 is 0 Å². The number of halogens is 1. The second-order valence-electron chi connectivity index (χ2n) is 2.52. The monoisotopic (exact) mass is 199 g/mol. The Morgan fingerprint density at radius 1 is 1.50 bits per heavy atom. The van der Waals surface area contributed by atoms with Crippen LogP contribution in [0.3, 0.4) is 0 Å². The van der Waals surface area contributed by atoms with Gasteiger partial charge in [-0.15, -0.1) is 0 Å². The molecule has 0 fully saturated rings. The molecule has 0 spiro atoms. The van der Waals surface area contributed by atoms with Gasteiger partial charge in [-0.2, -0.15) is 0 Å². The summed E-state index contributed by atoms with van der Waals surface area (Å²) in [4.78, 5) is 11.2. The van der Waals surface area contributed by atoms with Crippen LogP contribution in [0.4, 0.5) is 0 Å². The van der Waals surface area contributed by atoms with Crippen LogP contribution in [0.2, 0.25) is 5.02 Å². The van der Waals surface area contributed by atoms with Crippen LogP contribution in [0.5, 0.6) is 0 Å². The maximum atomic E-state index is 11.2. The zero-order valence-electron chi connectivity index (χ0n) is 6.37. The van der Waals surface area contributed by atoms with E-state index in [9.17, 15) is 4.79 Å². The van der Waals surface area contributed by atoms with Crippen LogP contribution in [0, 0.1) is 0 Å². The molecule has 2 nitrogen and oxygen atoms in total. The SMILES string of the molecule is Cn1c(=O)sc2c(Cl)cccc21. The minimum Gasteiger partial charge on any atom is -0.302 e. The van der Waals surface area contributed by atoms with E-state index in [-0.39, 0.29) is 4.87 Å². The molecule has 0 radical (unpaired) electrons. The van der Waals surface area contributed by atoms with Gasteiger partial charge in [0.15, 0.2) is 0 Å². The van der Waals surface area contributed by atoms with E-state index < -0.39 is 0 Å². The molecule has 4 heteroatoms. The van der Waals surface area contributed by atoms with Gasteiger partial charge in [0.2, 0.25) is 0 Å². The minimum absolute atomic E-state index is 0.0260. The molecule has 0 aliphatic heterocycles.